The molecule has 0 spiro atoms. The Morgan fingerprint density at radius 2 is 2.12 bits per heavy atom. The van der Waals surface area contributed by atoms with Crippen molar-refractivity contribution in [1.29, 1.82) is 0 Å². The molecular formula is C18H25N5O3. The Bertz CT molecular complexity index is 775. The number of ether oxygens (including phenoxy) is 1. The number of hydrogen-bond acceptors (Lipinski definition) is 6. The normalized spacial score (nSPS) is 23.0. The lowest BCUT2D eigenvalue weighted by molar-refractivity contribution is 0.0731. The number of hydrogen-bond donors (Lipinski definition) is 0. The highest BCUT2D eigenvalue weighted by Gasteiger charge is 2.40. The van der Waals surface area contributed by atoms with Gasteiger partial charge in [-0.3, -0.25) is 9.48 Å². The van der Waals surface area contributed by atoms with Crippen LogP contribution in [0.3, 0.4) is 0 Å². The van der Waals surface area contributed by atoms with Crippen LogP contribution in [0.1, 0.15) is 46.7 Å². The van der Waals surface area contributed by atoms with Gasteiger partial charge in [-0.25, -0.2) is 0 Å². The second-order valence-electron chi connectivity index (χ2n) is 7.53. The number of aromatic nitrogens is 4. The van der Waals surface area contributed by atoms with E-state index >= 15 is 0 Å². The standard InChI is InChI=1S/C18H25N5O3/c1-11-6-16(20-22(11)3)18(24)23-7-14(10-25-9-13-4-5-13)15(8-23)17-19-12(2)21-26-17/h6,13-15H,4-5,7-10H2,1-3H3/t14-,15+/m0/s1. The molecule has 2 fully saturated rings. The minimum atomic E-state index is -0.0559. The maximum atomic E-state index is 12.9. The smallest absolute Gasteiger partial charge is 0.274 e. The van der Waals surface area contributed by atoms with Crippen molar-refractivity contribution in [3.05, 3.63) is 29.2 Å². The average molecular weight is 359 g/mol. The zero-order chi connectivity index (χ0) is 18.3. The quantitative estimate of drug-likeness (QED) is 0.780. The Kier molecular flexibility index (Phi) is 4.52. The largest absolute Gasteiger partial charge is 0.381 e. The van der Waals surface area contributed by atoms with Crippen LogP contribution in [0, 0.1) is 25.7 Å². The van der Waals surface area contributed by atoms with Gasteiger partial charge in [0.15, 0.2) is 11.5 Å². The molecule has 0 aromatic carbocycles. The Labute approximate surface area is 152 Å². The molecule has 0 unspecified atom stereocenters. The molecule has 8 heteroatoms. The molecule has 2 atom stereocenters. The van der Waals surface area contributed by atoms with Crippen LogP contribution in [0.5, 0.6) is 0 Å². The zero-order valence-electron chi connectivity index (χ0n) is 15.5. The topological polar surface area (TPSA) is 86.3 Å². The predicted molar refractivity (Wildman–Crippen MR) is 92.7 cm³/mol. The monoisotopic (exact) mass is 359 g/mol. The van der Waals surface area contributed by atoms with Gasteiger partial charge in [0.25, 0.3) is 5.91 Å². The van der Waals surface area contributed by atoms with Gasteiger partial charge in [0.1, 0.15) is 0 Å². The van der Waals surface area contributed by atoms with Crippen molar-refractivity contribution >= 4 is 5.91 Å². The van der Waals surface area contributed by atoms with E-state index in [-0.39, 0.29) is 17.7 Å². The minimum Gasteiger partial charge on any atom is -0.381 e. The molecule has 26 heavy (non-hydrogen) atoms. The van der Waals surface area contributed by atoms with Crippen molar-refractivity contribution in [2.75, 3.05) is 26.3 Å². The first kappa shape index (κ1) is 17.2. The van der Waals surface area contributed by atoms with E-state index in [0.29, 0.717) is 37.1 Å². The zero-order valence-corrected chi connectivity index (χ0v) is 15.5. The van der Waals surface area contributed by atoms with Gasteiger partial charge in [-0.15, -0.1) is 0 Å². The van der Waals surface area contributed by atoms with Gasteiger partial charge in [-0.1, -0.05) is 5.16 Å². The summed E-state index contributed by atoms with van der Waals surface area (Å²) in [4.78, 5) is 19.1. The van der Waals surface area contributed by atoms with Gasteiger partial charge >= 0.3 is 0 Å². The molecule has 4 rings (SSSR count). The number of amides is 1. The lowest BCUT2D eigenvalue weighted by Gasteiger charge is -2.15. The van der Waals surface area contributed by atoms with Crippen LogP contribution in [-0.4, -0.2) is 57.0 Å². The molecular weight excluding hydrogens is 334 g/mol. The maximum Gasteiger partial charge on any atom is 0.274 e. The molecule has 1 aliphatic heterocycles. The second-order valence-corrected chi connectivity index (χ2v) is 7.53. The number of nitrogens with zero attached hydrogens (tertiary/aromatic N) is 5. The van der Waals surface area contributed by atoms with Crippen LogP contribution in [0.4, 0.5) is 0 Å². The summed E-state index contributed by atoms with van der Waals surface area (Å²) in [5.41, 5.74) is 1.44. The summed E-state index contributed by atoms with van der Waals surface area (Å²) < 4.78 is 13.0. The third kappa shape index (κ3) is 3.51. The molecule has 1 aliphatic carbocycles. The highest BCUT2D eigenvalue weighted by atomic mass is 16.5. The molecule has 0 bridgehead atoms. The van der Waals surface area contributed by atoms with E-state index in [2.05, 4.69) is 15.2 Å². The number of carbonyl (C=O) groups excluding carboxylic acids is 1. The molecule has 8 nitrogen and oxygen atoms in total. The summed E-state index contributed by atoms with van der Waals surface area (Å²) in [5, 5.41) is 8.23. The SMILES string of the molecule is Cc1noc([C@@H]2CN(C(=O)c3cc(C)n(C)n3)C[C@H]2COCC2CC2)n1. The summed E-state index contributed by atoms with van der Waals surface area (Å²) in [7, 11) is 1.84. The Balaban J connectivity index is 1.48. The highest BCUT2D eigenvalue weighted by Crippen LogP contribution is 2.34. The first-order valence-electron chi connectivity index (χ1n) is 9.19. The van der Waals surface area contributed by atoms with E-state index in [1.807, 2.05) is 24.9 Å². The van der Waals surface area contributed by atoms with E-state index in [0.717, 1.165) is 18.2 Å². The fraction of sp³-hybridized carbons (Fsp3) is 0.667. The van der Waals surface area contributed by atoms with Crippen LogP contribution >= 0.6 is 0 Å². The first-order chi connectivity index (χ1) is 12.5. The molecule has 2 aromatic heterocycles. The van der Waals surface area contributed by atoms with Crippen molar-refractivity contribution in [2.45, 2.75) is 32.6 Å². The van der Waals surface area contributed by atoms with Gasteiger partial charge in [0.2, 0.25) is 5.89 Å². The van der Waals surface area contributed by atoms with Crippen LogP contribution in [0.2, 0.25) is 0 Å². The highest BCUT2D eigenvalue weighted by molar-refractivity contribution is 5.92. The van der Waals surface area contributed by atoms with Gasteiger partial charge in [0, 0.05) is 38.4 Å². The predicted octanol–water partition coefficient (Wildman–Crippen LogP) is 1.70. The molecule has 2 aliphatic rings. The van der Waals surface area contributed by atoms with Crippen LogP contribution in [0.15, 0.2) is 10.6 Å². The van der Waals surface area contributed by atoms with E-state index in [1.165, 1.54) is 12.8 Å². The van der Waals surface area contributed by atoms with Gasteiger partial charge in [0.05, 0.1) is 12.5 Å². The number of aryl methyl sites for hydroxylation is 3. The molecule has 1 saturated carbocycles. The summed E-state index contributed by atoms with van der Waals surface area (Å²) in [6, 6.07) is 1.82. The lowest BCUT2D eigenvalue weighted by Crippen LogP contribution is -2.29. The van der Waals surface area contributed by atoms with Crippen LogP contribution in [0.25, 0.3) is 0 Å². The summed E-state index contributed by atoms with van der Waals surface area (Å²) in [5.74, 6) is 2.03. The minimum absolute atomic E-state index is 0.00385. The molecule has 1 saturated heterocycles. The molecule has 1 amide bonds. The average Bonchev–Trinajstić information content (AvgIpc) is 3.01. The van der Waals surface area contributed by atoms with E-state index in [1.54, 1.807) is 11.6 Å². The maximum absolute atomic E-state index is 12.9. The third-order valence-corrected chi connectivity index (χ3v) is 5.30. The Morgan fingerprint density at radius 1 is 1.31 bits per heavy atom. The summed E-state index contributed by atoms with van der Waals surface area (Å²) >= 11 is 0. The first-order valence-corrected chi connectivity index (χ1v) is 9.19. The molecule has 0 radical (unpaired) electrons. The number of rotatable bonds is 6. The Morgan fingerprint density at radius 3 is 2.73 bits per heavy atom. The van der Waals surface area contributed by atoms with Crippen molar-refractivity contribution in [3.63, 3.8) is 0 Å². The van der Waals surface area contributed by atoms with E-state index < -0.39 is 0 Å². The molecule has 0 N–H and O–H groups in total. The summed E-state index contributed by atoms with van der Waals surface area (Å²) in [6.07, 6.45) is 2.53. The number of likely N-dealkylation sites (tertiary alicyclic amines) is 1. The number of carbonyl (C=O) groups is 1. The molecule has 140 valence electrons. The molecule has 2 aromatic rings. The van der Waals surface area contributed by atoms with Crippen LogP contribution < -0.4 is 0 Å². The fourth-order valence-corrected chi connectivity index (χ4v) is 3.45. The van der Waals surface area contributed by atoms with E-state index in [9.17, 15) is 4.79 Å². The van der Waals surface area contributed by atoms with Crippen molar-refractivity contribution < 1.29 is 14.1 Å². The lowest BCUT2D eigenvalue weighted by atomic mass is 9.97. The van der Waals surface area contributed by atoms with Gasteiger partial charge in [-0.05, 0) is 38.7 Å². The molecule has 3 heterocycles. The Hall–Kier alpha value is -2.22. The summed E-state index contributed by atoms with van der Waals surface area (Å²) in [6.45, 7) is 6.32. The van der Waals surface area contributed by atoms with Gasteiger partial charge < -0.3 is 14.2 Å². The fourth-order valence-electron chi connectivity index (χ4n) is 3.45. The third-order valence-electron chi connectivity index (χ3n) is 5.30. The van der Waals surface area contributed by atoms with Crippen LogP contribution in [-0.2, 0) is 11.8 Å². The van der Waals surface area contributed by atoms with E-state index in [4.69, 9.17) is 9.26 Å². The van der Waals surface area contributed by atoms with Crippen molar-refractivity contribution in [3.8, 4) is 0 Å². The van der Waals surface area contributed by atoms with Gasteiger partial charge in [-0.2, -0.15) is 10.1 Å². The van der Waals surface area contributed by atoms with Crippen molar-refractivity contribution in [2.24, 2.45) is 18.9 Å². The second kappa shape index (κ2) is 6.83. The van der Waals surface area contributed by atoms with Crippen molar-refractivity contribution in [1.82, 2.24) is 24.8 Å².